The van der Waals surface area contributed by atoms with Crippen molar-refractivity contribution in [2.75, 3.05) is 6.61 Å². The van der Waals surface area contributed by atoms with E-state index < -0.39 is 57.8 Å². The number of halogens is 9. The molecule has 0 bridgehead atoms. The Bertz CT molecular complexity index is 1470. The van der Waals surface area contributed by atoms with E-state index in [1.165, 1.54) is 25.2 Å². The molecule has 1 aliphatic rings. The van der Waals surface area contributed by atoms with Crippen molar-refractivity contribution in [1.82, 2.24) is 0 Å². The van der Waals surface area contributed by atoms with E-state index in [0.29, 0.717) is 24.1 Å². The van der Waals surface area contributed by atoms with E-state index in [4.69, 9.17) is 4.74 Å². The largest absolute Gasteiger partial charge is 0.493 e. The van der Waals surface area contributed by atoms with Crippen LogP contribution in [0.15, 0.2) is 36.4 Å². The molecule has 0 unspecified atom stereocenters. The predicted octanol–water partition coefficient (Wildman–Crippen LogP) is 10.2. The smallest absolute Gasteiger partial charge is 0.458 e. The van der Waals surface area contributed by atoms with Gasteiger partial charge in [0, 0.05) is 23.4 Å². The molecule has 1 aliphatic carbocycles. The van der Waals surface area contributed by atoms with Crippen LogP contribution in [0.4, 0.5) is 39.5 Å². The van der Waals surface area contributed by atoms with E-state index in [1.54, 1.807) is 0 Å². The van der Waals surface area contributed by atoms with E-state index in [0.717, 1.165) is 56.2 Å². The van der Waals surface area contributed by atoms with Gasteiger partial charge in [0.05, 0.1) is 12.2 Å². The predicted molar refractivity (Wildman–Crippen MR) is 143 cm³/mol. The molecule has 0 aromatic heterocycles. The standard InChI is InChI=1S/C32H29F9O2/c1-2-3-4-5-19-6-8-20(9-7-19)18-42-23-16-27(34)29(28(35)17-23)32(40,41)43-22-10-11-24-21(14-22)15-26(33)25(30(24)36)12-13-31(37,38)39/h10-11,14-17,19-20H,2-9,18H2,1H3. The summed E-state index contributed by atoms with van der Waals surface area (Å²) in [7, 11) is 0. The molecule has 1 fully saturated rings. The van der Waals surface area contributed by atoms with Crippen molar-refractivity contribution in [3.05, 3.63) is 70.8 Å². The average Bonchev–Trinajstić information content (AvgIpc) is 2.91. The molecule has 0 aliphatic heterocycles. The quantitative estimate of drug-likeness (QED) is 0.128. The summed E-state index contributed by atoms with van der Waals surface area (Å²) >= 11 is 0. The Kier molecular flexibility index (Phi) is 10.1. The minimum atomic E-state index is -5.00. The van der Waals surface area contributed by atoms with Crippen LogP contribution in [0, 0.1) is 46.9 Å². The lowest BCUT2D eigenvalue weighted by molar-refractivity contribution is -0.189. The second-order valence-electron chi connectivity index (χ2n) is 10.8. The van der Waals surface area contributed by atoms with Crippen LogP contribution in [0.1, 0.15) is 69.4 Å². The van der Waals surface area contributed by atoms with Gasteiger partial charge >= 0.3 is 12.3 Å². The first-order valence-electron chi connectivity index (χ1n) is 14.0. The van der Waals surface area contributed by atoms with Gasteiger partial charge in [-0.05, 0) is 54.3 Å². The molecule has 2 nitrogen and oxygen atoms in total. The van der Waals surface area contributed by atoms with Crippen molar-refractivity contribution in [2.24, 2.45) is 11.8 Å². The first-order chi connectivity index (χ1) is 20.3. The van der Waals surface area contributed by atoms with Crippen LogP contribution in [0.25, 0.3) is 10.8 Å². The number of benzene rings is 3. The third kappa shape index (κ3) is 8.30. The number of rotatable bonds is 10. The summed E-state index contributed by atoms with van der Waals surface area (Å²) in [5, 5.41) is -0.798. The van der Waals surface area contributed by atoms with Crippen molar-refractivity contribution in [1.29, 1.82) is 0 Å². The number of unbranched alkanes of at least 4 members (excludes halogenated alkanes) is 2. The lowest BCUT2D eigenvalue weighted by atomic mass is 9.80. The zero-order chi connectivity index (χ0) is 31.4. The van der Waals surface area contributed by atoms with Crippen LogP contribution in [-0.4, -0.2) is 12.8 Å². The number of fused-ring (bicyclic) bond motifs is 1. The highest BCUT2D eigenvalue weighted by Gasteiger charge is 2.41. The molecule has 11 heteroatoms. The average molecular weight is 617 g/mol. The van der Waals surface area contributed by atoms with Crippen molar-refractivity contribution in [3.63, 3.8) is 0 Å². The minimum absolute atomic E-state index is 0.188. The molecule has 0 spiro atoms. The Morgan fingerprint density at radius 3 is 2.07 bits per heavy atom. The molecule has 232 valence electrons. The van der Waals surface area contributed by atoms with Gasteiger partial charge in [-0.15, -0.1) is 0 Å². The lowest BCUT2D eigenvalue weighted by Crippen LogP contribution is -2.25. The SMILES string of the molecule is CCCCCC1CCC(COc2cc(F)c(C(F)(F)Oc3ccc4c(F)c(C#CC(F)(F)F)c(F)cc4c3)c(F)c2)CC1. The number of ether oxygens (including phenoxy) is 2. The fraction of sp³-hybridized carbons (Fsp3) is 0.438. The van der Waals surface area contributed by atoms with Gasteiger partial charge in [0.25, 0.3) is 0 Å². The molecule has 3 aromatic rings. The summed E-state index contributed by atoms with van der Waals surface area (Å²) in [6.45, 7) is 2.35. The third-order valence-corrected chi connectivity index (χ3v) is 7.55. The highest BCUT2D eigenvalue weighted by Crippen LogP contribution is 2.38. The van der Waals surface area contributed by atoms with Gasteiger partial charge in [-0.1, -0.05) is 51.4 Å². The first kappa shape index (κ1) is 32.4. The molecule has 3 aromatic carbocycles. The maximum absolute atomic E-state index is 14.9. The van der Waals surface area contributed by atoms with Crippen LogP contribution in [0.5, 0.6) is 11.5 Å². The van der Waals surface area contributed by atoms with Crippen molar-refractivity contribution >= 4 is 10.8 Å². The third-order valence-electron chi connectivity index (χ3n) is 7.55. The minimum Gasteiger partial charge on any atom is -0.493 e. The second-order valence-corrected chi connectivity index (χ2v) is 10.8. The Morgan fingerprint density at radius 2 is 1.44 bits per heavy atom. The fourth-order valence-corrected chi connectivity index (χ4v) is 5.31. The van der Waals surface area contributed by atoms with E-state index in [9.17, 15) is 39.5 Å². The molecule has 0 N–H and O–H groups in total. The molecule has 0 amide bonds. The van der Waals surface area contributed by atoms with Gasteiger partial charge in [0.15, 0.2) is 0 Å². The highest BCUT2D eigenvalue weighted by molar-refractivity contribution is 5.86. The number of hydrogen-bond donors (Lipinski definition) is 0. The monoisotopic (exact) mass is 616 g/mol. The summed E-state index contributed by atoms with van der Waals surface area (Å²) in [6.07, 6.45) is -0.888. The summed E-state index contributed by atoms with van der Waals surface area (Å²) in [5.74, 6) is -4.14. The van der Waals surface area contributed by atoms with Crippen LogP contribution < -0.4 is 9.47 Å². The topological polar surface area (TPSA) is 18.5 Å². The molecule has 1 saturated carbocycles. The number of hydrogen-bond acceptors (Lipinski definition) is 2. The number of alkyl halides is 5. The fourth-order valence-electron chi connectivity index (χ4n) is 5.31. The van der Waals surface area contributed by atoms with Gasteiger partial charge in [-0.3, -0.25) is 0 Å². The summed E-state index contributed by atoms with van der Waals surface area (Å²) in [4.78, 5) is 0. The van der Waals surface area contributed by atoms with Crippen molar-refractivity contribution < 1.29 is 49.0 Å². The first-order valence-corrected chi connectivity index (χ1v) is 14.0. The van der Waals surface area contributed by atoms with Gasteiger partial charge in [-0.25, -0.2) is 17.6 Å². The summed E-state index contributed by atoms with van der Waals surface area (Å²) < 4.78 is 135. The highest BCUT2D eigenvalue weighted by atomic mass is 19.4. The van der Waals surface area contributed by atoms with Crippen molar-refractivity contribution in [3.8, 4) is 23.3 Å². The van der Waals surface area contributed by atoms with E-state index >= 15 is 0 Å². The lowest BCUT2D eigenvalue weighted by Gasteiger charge is -2.28. The van der Waals surface area contributed by atoms with Gasteiger partial charge in [-0.2, -0.15) is 22.0 Å². The van der Waals surface area contributed by atoms with Crippen LogP contribution in [0.3, 0.4) is 0 Å². The molecule has 0 saturated heterocycles. The molecular formula is C32H29F9O2. The van der Waals surface area contributed by atoms with Crippen LogP contribution in [0.2, 0.25) is 0 Å². The van der Waals surface area contributed by atoms with Gasteiger partial charge < -0.3 is 9.47 Å². The normalized spacial score (nSPS) is 17.4. The molecule has 0 heterocycles. The Balaban J connectivity index is 1.44. The maximum Gasteiger partial charge on any atom is 0.458 e. The molecule has 0 atom stereocenters. The molecular weight excluding hydrogens is 587 g/mol. The Morgan fingerprint density at radius 1 is 0.791 bits per heavy atom. The Hall–Kier alpha value is -3.55. The molecule has 43 heavy (non-hydrogen) atoms. The second kappa shape index (κ2) is 13.4. The van der Waals surface area contributed by atoms with E-state index in [-0.39, 0.29) is 23.7 Å². The molecule has 4 rings (SSSR count). The van der Waals surface area contributed by atoms with Gasteiger partial charge in [0.2, 0.25) is 0 Å². The molecule has 0 radical (unpaired) electrons. The zero-order valence-electron chi connectivity index (χ0n) is 23.2. The van der Waals surface area contributed by atoms with Crippen LogP contribution >= 0.6 is 0 Å². The van der Waals surface area contributed by atoms with Crippen molar-refractivity contribution in [2.45, 2.75) is 70.6 Å². The maximum atomic E-state index is 14.9. The summed E-state index contributed by atoms with van der Waals surface area (Å²) in [6, 6.07) is 4.25. The Labute approximate surface area is 243 Å². The van der Waals surface area contributed by atoms with Crippen LogP contribution in [-0.2, 0) is 6.11 Å². The van der Waals surface area contributed by atoms with E-state index in [2.05, 4.69) is 11.7 Å². The van der Waals surface area contributed by atoms with Gasteiger partial charge in [0.1, 0.15) is 40.3 Å². The summed E-state index contributed by atoms with van der Waals surface area (Å²) in [5.41, 5.74) is -2.85. The zero-order valence-corrected chi connectivity index (χ0v) is 23.2. The van der Waals surface area contributed by atoms with E-state index in [1.807, 2.05) is 0 Å².